The van der Waals surface area contributed by atoms with E-state index in [1.165, 1.54) is 12.0 Å². The van der Waals surface area contributed by atoms with Gasteiger partial charge in [0.15, 0.2) is 11.5 Å². The summed E-state index contributed by atoms with van der Waals surface area (Å²) in [6, 6.07) is 4.09. The van der Waals surface area contributed by atoms with Gasteiger partial charge in [0, 0.05) is 4.47 Å². The molecule has 0 radical (unpaired) electrons. The minimum Gasteiger partial charge on any atom is -0.493 e. The lowest BCUT2D eigenvalue weighted by Gasteiger charge is -2.27. The van der Waals surface area contributed by atoms with Gasteiger partial charge in [-0.15, -0.1) is 0 Å². The lowest BCUT2D eigenvalue weighted by Crippen LogP contribution is -2.24. The summed E-state index contributed by atoms with van der Waals surface area (Å²) >= 11 is 3.59. The second kappa shape index (κ2) is 6.43. The van der Waals surface area contributed by atoms with Gasteiger partial charge in [-0.25, -0.2) is 0 Å². The van der Waals surface area contributed by atoms with Crippen LogP contribution in [0.3, 0.4) is 0 Å². The highest BCUT2D eigenvalue weighted by Gasteiger charge is 2.21. The van der Waals surface area contributed by atoms with Gasteiger partial charge >= 0.3 is 0 Å². The second-order valence-electron chi connectivity index (χ2n) is 4.62. The number of halogens is 1. The highest BCUT2D eigenvalue weighted by atomic mass is 79.9. The fraction of sp³-hybridized carbons (Fsp3) is 0.571. The number of hydrogen-bond acceptors (Lipinski definition) is 3. The highest BCUT2D eigenvalue weighted by molar-refractivity contribution is 9.10. The quantitative estimate of drug-likeness (QED) is 0.875. The SMILES string of the molecule is CNCCc1cc(OC2CCC2)c(OC)cc1Br. The van der Waals surface area contributed by atoms with Gasteiger partial charge in [-0.3, -0.25) is 0 Å². The topological polar surface area (TPSA) is 30.5 Å². The number of rotatable bonds is 6. The third-order valence-corrected chi connectivity index (χ3v) is 4.06. The van der Waals surface area contributed by atoms with Crippen LogP contribution >= 0.6 is 15.9 Å². The monoisotopic (exact) mass is 313 g/mol. The molecule has 1 aliphatic carbocycles. The van der Waals surface area contributed by atoms with Crippen molar-refractivity contribution in [3.05, 3.63) is 22.2 Å². The molecule has 1 aromatic rings. The first-order chi connectivity index (χ1) is 8.74. The largest absolute Gasteiger partial charge is 0.493 e. The van der Waals surface area contributed by atoms with Crippen molar-refractivity contribution in [2.75, 3.05) is 20.7 Å². The minimum absolute atomic E-state index is 0.372. The summed E-state index contributed by atoms with van der Waals surface area (Å²) in [6.07, 6.45) is 4.94. The van der Waals surface area contributed by atoms with Gasteiger partial charge < -0.3 is 14.8 Å². The van der Waals surface area contributed by atoms with Crippen molar-refractivity contribution in [1.82, 2.24) is 5.32 Å². The molecule has 1 saturated carbocycles. The highest BCUT2D eigenvalue weighted by Crippen LogP contribution is 2.36. The number of nitrogens with one attached hydrogen (secondary N) is 1. The van der Waals surface area contributed by atoms with E-state index in [0.717, 1.165) is 41.8 Å². The predicted octanol–water partition coefficient (Wildman–Crippen LogP) is 3.15. The molecule has 18 heavy (non-hydrogen) atoms. The molecular formula is C14H20BrNO2. The fourth-order valence-corrected chi connectivity index (χ4v) is 2.47. The molecule has 1 aromatic carbocycles. The first kappa shape index (κ1) is 13.7. The van der Waals surface area contributed by atoms with E-state index in [2.05, 4.69) is 27.3 Å². The summed E-state index contributed by atoms with van der Waals surface area (Å²) in [5.41, 5.74) is 1.25. The summed E-state index contributed by atoms with van der Waals surface area (Å²) < 4.78 is 12.4. The van der Waals surface area contributed by atoms with Crippen molar-refractivity contribution in [2.24, 2.45) is 0 Å². The summed E-state index contributed by atoms with van der Waals surface area (Å²) in [6.45, 7) is 0.952. The lowest BCUT2D eigenvalue weighted by molar-refractivity contribution is 0.116. The van der Waals surface area contributed by atoms with Crippen molar-refractivity contribution in [3.8, 4) is 11.5 Å². The van der Waals surface area contributed by atoms with Crippen molar-refractivity contribution < 1.29 is 9.47 Å². The second-order valence-corrected chi connectivity index (χ2v) is 5.47. The van der Waals surface area contributed by atoms with Crippen molar-refractivity contribution in [2.45, 2.75) is 31.8 Å². The summed E-state index contributed by atoms with van der Waals surface area (Å²) in [4.78, 5) is 0. The number of ether oxygens (including phenoxy) is 2. The number of benzene rings is 1. The Balaban J connectivity index is 2.17. The van der Waals surface area contributed by atoms with Crippen LogP contribution < -0.4 is 14.8 Å². The molecule has 100 valence electrons. The van der Waals surface area contributed by atoms with E-state index in [4.69, 9.17) is 9.47 Å². The average molecular weight is 314 g/mol. The molecule has 0 amide bonds. The number of methoxy groups -OCH3 is 1. The van der Waals surface area contributed by atoms with Crippen LogP contribution in [0.5, 0.6) is 11.5 Å². The Morgan fingerprint density at radius 2 is 2.11 bits per heavy atom. The third-order valence-electron chi connectivity index (χ3n) is 3.32. The standard InChI is InChI=1S/C14H20BrNO2/c1-16-7-6-10-8-14(18-11-4-3-5-11)13(17-2)9-12(10)15/h8-9,11,16H,3-7H2,1-2H3. The predicted molar refractivity (Wildman–Crippen MR) is 76.6 cm³/mol. The first-order valence-corrected chi connectivity index (χ1v) is 7.21. The smallest absolute Gasteiger partial charge is 0.161 e. The summed E-state index contributed by atoms with van der Waals surface area (Å²) in [5, 5.41) is 3.16. The van der Waals surface area contributed by atoms with Gasteiger partial charge in [-0.1, -0.05) is 15.9 Å². The number of likely N-dealkylation sites (N-methyl/N-ethyl adjacent to an activating group) is 1. The van der Waals surface area contributed by atoms with Crippen LogP contribution in [-0.2, 0) is 6.42 Å². The maximum atomic E-state index is 5.98. The Kier molecular flexibility index (Phi) is 4.89. The van der Waals surface area contributed by atoms with Crippen LogP contribution in [0, 0.1) is 0 Å². The molecular weight excluding hydrogens is 294 g/mol. The molecule has 0 aliphatic heterocycles. The maximum absolute atomic E-state index is 5.98. The van der Waals surface area contributed by atoms with E-state index in [9.17, 15) is 0 Å². The molecule has 4 heteroatoms. The molecule has 0 spiro atoms. The molecule has 0 aromatic heterocycles. The number of hydrogen-bond donors (Lipinski definition) is 1. The molecule has 2 rings (SSSR count). The van der Waals surface area contributed by atoms with Crippen LogP contribution in [0.4, 0.5) is 0 Å². The average Bonchev–Trinajstić information content (AvgIpc) is 2.33. The first-order valence-electron chi connectivity index (χ1n) is 6.42. The zero-order valence-electron chi connectivity index (χ0n) is 11.0. The van der Waals surface area contributed by atoms with E-state index < -0.39 is 0 Å². The summed E-state index contributed by atoms with van der Waals surface area (Å²) in [5.74, 6) is 1.68. The van der Waals surface area contributed by atoms with Crippen LogP contribution in [-0.4, -0.2) is 26.8 Å². The maximum Gasteiger partial charge on any atom is 0.161 e. The molecule has 3 nitrogen and oxygen atoms in total. The Labute approximate surface area is 117 Å². The van der Waals surface area contributed by atoms with E-state index in [1.807, 2.05) is 13.1 Å². The molecule has 0 heterocycles. The van der Waals surface area contributed by atoms with Gasteiger partial charge in [0.05, 0.1) is 13.2 Å². The molecule has 1 N–H and O–H groups in total. The normalized spacial score (nSPS) is 15.3. The Morgan fingerprint density at radius 1 is 1.33 bits per heavy atom. The minimum atomic E-state index is 0.372. The molecule has 0 bridgehead atoms. The molecule has 0 unspecified atom stereocenters. The zero-order valence-corrected chi connectivity index (χ0v) is 12.5. The molecule has 1 fully saturated rings. The molecule has 1 aliphatic rings. The Hall–Kier alpha value is -0.740. The summed E-state index contributed by atoms with van der Waals surface area (Å²) in [7, 11) is 3.64. The van der Waals surface area contributed by atoms with Crippen molar-refractivity contribution >= 4 is 15.9 Å². The molecule has 0 atom stereocenters. The zero-order chi connectivity index (χ0) is 13.0. The van der Waals surface area contributed by atoms with Crippen LogP contribution in [0.1, 0.15) is 24.8 Å². The Morgan fingerprint density at radius 3 is 2.67 bits per heavy atom. The van der Waals surface area contributed by atoms with Gasteiger partial charge in [0.25, 0.3) is 0 Å². The van der Waals surface area contributed by atoms with Crippen molar-refractivity contribution in [1.29, 1.82) is 0 Å². The van der Waals surface area contributed by atoms with Gasteiger partial charge in [-0.05, 0) is 57.0 Å². The van der Waals surface area contributed by atoms with Crippen LogP contribution in [0.2, 0.25) is 0 Å². The van der Waals surface area contributed by atoms with E-state index in [-0.39, 0.29) is 0 Å². The lowest BCUT2D eigenvalue weighted by atomic mass is 9.96. The van der Waals surface area contributed by atoms with Gasteiger partial charge in [0.2, 0.25) is 0 Å². The van der Waals surface area contributed by atoms with Gasteiger partial charge in [-0.2, -0.15) is 0 Å². The van der Waals surface area contributed by atoms with Crippen LogP contribution in [0.15, 0.2) is 16.6 Å². The van der Waals surface area contributed by atoms with Gasteiger partial charge in [0.1, 0.15) is 0 Å². The van der Waals surface area contributed by atoms with E-state index in [0.29, 0.717) is 6.10 Å². The van der Waals surface area contributed by atoms with Crippen LogP contribution in [0.25, 0.3) is 0 Å². The molecule has 0 saturated heterocycles. The van der Waals surface area contributed by atoms with Crippen molar-refractivity contribution in [3.63, 3.8) is 0 Å². The Bertz CT molecular complexity index is 405. The van der Waals surface area contributed by atoms with E-state index in [1.54, 1.807) is 7.11 Å². The third kappa shape index (κ3) is 3.18. The fourth-order valence-electron chi connectivity index (χ4n) is 1.95. The van der Waals surface area contributed by atoms with E-state index >= 15 is 0 Å².